The van der Waals surface area contributed by atoms with E-state index in [2.05, 4.69) is 10.3 Å². The lowest BCUT2D eigenvalue weighted by Crippen LogP contribution is -2.22. The number of sulfone groups is 1. The third-order valence-corrected chi connectivity index (χ3v) is 4.91. The van der Waals surface area contributed by atoms with Gasteiger partial charge in [0, 0.05) is 6.26 Å². The molecule has 6 heteroatoms. The second-order valence-corrected chi connectivity index (χ2v) is 7.86. The average molecular weight is 366 g/mol. The van der Waals surface area contributed by atoms with Crippen LogP contribution in [0.5, 0.6) is 0 Å². The van der Waals surface area contributed by atoms with Gasteiger partial charge < -0.3 is 5.32 Å². The maximum absolute atomic E-state index is 12.9. The summed E-state index contributed by atoms with van der Waals surface area (Å²) in [4.78, 5) is 16.8. The van der Waals surface area contributed by atoms with Gasteiger partial charge in [0.1, 0.15) is 0 Å². The Morgan fingerprint density at radius 1 is 0.885 bits per heavy atom. The van der Waals surface area contributed by atoms with Gasteiger partial charge in [-0.2, -0.15) is 0 Å². The molecule has 2 aromatic carbocycles. The van der Waals surface area contributed by atoms with Crippen LogP contribution < -0.4 is 5.32 Å². The molecule has 0 fully saturated rings. The lowest BCUT2D eigenvalue weighted by molar-refractivity contribution is -0.116. The molecule has 26 heavy (non-hydrogen) atoms. The number of rotatable bonds is 5. The van der Waals surface area contributed by atoms with Gasteiger partial charge in [-0.3, -0.25) is 4.79 Å². The summed E-state index contributed by atoms with van der Waals surface area (Å²) in [5.41, 5.74) is 2.19. The fourth-order valence-corrected chi connectivity index (χ4v) is 3.23. The first kappa shape index (κ1) is 17.8. The van der Waals surface area contributed by atoms with Crippen molar-refractivity contribution in [3.63, 3.8) is 0 Å². The van der Waals surface area contributed by atoms with Crippen molar-refractivity contribution in [1.82, 2.24) is 4.98 Å². The van der Waals surface area contributed by atoms with Crippen molar-refractivity contribution in [3.05, 3.63) is 90.1 Å². The molecule has 1 N–H and O–H groups in total. The Bertz CT molecular complexity index is 947. The quantitative estimate of drug-likeness (QED) is 0.752. The normalized spacial score (nSPS) is 11.3. The Balaban J connectivity index is 1.89. The topological polar surface area (TPSA) is 76.1 Å². The number of nitrogens with one attached hydrogen (secondary N) is 1. The first-order chi connectivity index (χ1) is 12.4. The number of carbonyl (C=O) groups excluding carboxylic acids is 1. The number of anilines is 1. The zero-order valence-electron chi connectivity index (χ0n) is 14.2. The summed E-state index contributed by atoms with van der Waals surface area (Å²) in [7, 11) is -3.37. The van der Waals surface area contributed by atoms with Crippen LogP contribution in [0, 0.1) is 0 Å². The predicted octanol–water partition coefficient (Wildman–Crippen LogP) is 3.26. The minimum Gasteiger partial charge on any atom is -0.324 e. The zero-order chi connectivity index (χ0) is 18.6. The van der Waals surface area contributed by atoms with Gasteiger partial charge in [0.15, 0.2) is 14.9 Å². The highest BCUT2D eigenvalue weighted by Gasteiger charge is 2.22. The van der Waals surface area contributed by atoms with Gasteiger partial charge >= 0.3 is 0 Å². The third-order valence-electron chi connectivity index (χ3n) is 3.91. The Morgan fingerprint density at radius 2 is 1.42 bits per heavy atom. The summed E-state index contributed by atoms with van der Waals surface area (Å²) < 4.78 is 23.0. The number of benzene rings is 2. The number of hydrogen-bond acceptors (Lipinski definition) is 4. The van der Waals surface area contributed by atoms with E-state index in [0.717, 1.165) is 17.4 Å². The van der Waals surface area contributed by atoms with Gasteiger partial charge in [-0.15, -0.1) is 0 Å². The molecule has 5 nitrogen and oxygen atoms in total. The van der Waals surface area contributed by atoms with Gasteiger partial charge in [-0.1, -0.05) is 60.7 Å². The molecule has 132 valence electrons. The van der Waals surface area contributed by atoms with Gasteiger partial charge in [0.05, 0.1) is 17.8 Å². The summed E-state index contributed by atoms with van der Waals surface area (Å²) in [6.07, 6.45) is 2.44. The second kappa shape index (κ2) is 7.49. The highest BCUT2D eigenvalue weighted by Crippen LogP contribution is 2.26. The number of pyridine rings is 1. The molecule has 0 spiro atoms. The fourth-order valence-electron chi connectivity index (χ4n) is 2.67. The van der Waals surface area contributed by atoms with E-state index in [-0.39, 0.29) is 10.9 Å². The molecule has 0 aliphatic carbocycles. The molecule has 3 aromatic rings. The van der Waals surface area contributed by atoms with E-state index < -0.39 is 15.8 Å². The van der Waals surface area contributed by atoms with Crippen molar-refractivity contribution >= 4 is 21.4 Å². The summed E-state index contributed by atoms with van der Waals surface area (Å²) >= 11 is 0. The lowest BCUT2D eigenvalue weighted by atomic mass is 9.90. The molecule has 1 aromatic heterocycles. The van der Waals surface area contributed by atoms with Crippen molar-refractivity contribution < 1.29 is 13.2 Å². The van der Waals surface area contributed by atoms with E-state index in [4.69, 9.17) is 0 Å². The van der Waals surface area contributed by atoms with Crippen LogP contribution in [0.1, 0.15) is 17.0 Å². The van der Waals surface area contributed by atoms with Gasteiger partial charge in [-0.25, -0.2) is 13.4 Å². The van der Waals surface area contributed by atoms with Crippen molar-refractivity contribution in [3.8, 4) is 0 Å². The van der Waals surface area contributed by atoms with E-state index in [9.17, 15) is 13.2 Å². The zero-order valence-corrected chi connectivity index (χ0v) is 15.0. The van der Waals surface area contributed by atoms with Crippen LogP contribution in [0.2, 0.25) is 0 Å². The molecule has 0 radical (unpaired) electrons. The highest BCUT2D eigenvalue weighted by molar-refractivity contribution is 7.90. The average Bonchev–Trinajstić information content (AvgIpc) is 2.63. The molecule has 1 amide bonds. The summed E-state index contributed by atoms with van der Waals surface area (Å²) in [6, 6.07) is 21.9. The molecule has 0 bridgehead atoms. The lowest BCUT2D eigenvalue weighted by Gasteiger charge is -2.18. The van der Waals surface area contributed by atoms with Crippen molar-refractivity contribution in [1.29, 1.82) is 0 Å². The van der Waals surface area contributed by atoms with E-state index in [1.54, 1.807) is 0 Å². The maximum Gasteiger partial charge on any atom is 0.236 e. The smallest absolute Gasteiger partial charge is 0.236 e. The summed E-state index contributed by atoms with van der Waals surface area (Å²) in [5, 5.41) is 2.79. The first-order valence-corrected chi connectivity index (χ1v) is 9.91. The minimum absolute atomic E-state index is 0.0295. The number of carbonyl (C=O) groups is 1. The molecule has 0 atom stereocenters. The van der Waals surface area contributed by atoms with Gasteiger partial charge in [-0.05, 0) is 23.3 Å². The van der Waals surface area contributed by atoms with Gasteiger partial charge in [0.2, 0.25) is 5.91 Å². The van der Waals surface area contributed by atoms with Crippen molar-refractivity contribution in [2.45, 2.75) is 10.9 Å². The molecule has 0 unspecified atom stereocenters. The number of amides is 1. The van der Waals surface area contributed by atoms with Crippen LogP contribution in [0.15, 0.2) is 84.0 Å². The van der Waals surface area contributed by atoms with Crippen molar-refractivity contribution in [2.75, 3.05) is 11.6 Å². The molecule has 1 heterocycles. The third kappa shape index (κ3) is 4.15. The second-order valence-electron chi connectivity index (χ2n) is 5.90. The minimum atomic E-state index is -3.37. The highest BCUT2D eigenvalue weighted by atomic mass is 32.2. The van der Waals surface area contributed by atoms with E-state index in [0.29, 0.717) is 5.69 Å². The molecule has 0 saturated carbocycles. The Kier molecular flexibility index (Phi) is 5.14. The number of nitrogens with zero attached hydrogens (tertiary/aromatic N) is 1. The maximum atomic E-state index is 12.9. The van der Waals surface area contributed by atoms with Crippen LogP contribution in [0.4, 0.5) is 5.69 Å². The molecular weight excluding hydrogens is 348 g/mol. The number of aromatic nitrogens is 1. The van der Waals surface area contributed by atoms with Crippen LogP contribution in [-0.2, 0) is 14.6 Å². The Hall–Kier alpha value is -2.99. The van der Waals surface area contributed by atoms with Crippen LogP contribution in [-0.4, -0.2) is 25.6 Å². The van der Waals surface area contributed by atoms with Crippen LogP contribution in [0.25, 0.3) is 0 Å². The van der Waals surface area contributed by atoms with E-state index >= 15 is 0 Å². The fraction of sp³-hybridized carbons (Fsp3) is 0.100. The SMILES string of the molecule is CS(=O)(=O)c1ccc(NC(=O)C(c2ccccc2)c2ccccc2)cn1. The standard InChI is InChI=1S/C20H18N2O3S/c1-26(24,25)18-13-12-17(14-21-18)22-20(23)19(15-8-4-2-5-9-15)16-10-6-3-7-11-16/h2-14,19H,1H3,(H,22,23). The van der Waals surface area contributed by atoms with E-state index in [1.165, 1.54) is 18.3 Å². The predicted molar refractivity (Wildman–Crippen MR) is 101 cm³/mol. The largest absolute Gasteiger partial charge is 0.324 e. The molecule has 3 rings (SSSR count). The summed E-state index contributed by atoms with van der Waals surface area (Å²) in [5.74, 6) is -0.691. The van der Waals surface area contributed by atoms with Crippen LogP contribution in [0.3, 0.4) is 0 Å². The van der Waals surface area contributed by atoms with Gasteiger partial charge in [0.25, 0.3) is 0 Å². The van der Waals surface area contributed by atoms with Crippen molar-refractivity contribution in [2.24, 2.45) is 0 Å². The number of hydrogen-bond donors (Lipinski definition) is 1. The Labute approximate surface area is 152 Å². The molecule has 0 aliphatic heterocycles. The first-order valence-electron chi connectivity index (χ1n) is 8.02. The Morgan fingerprint density at radius 3 is 1.85 bits per heavy atom. The molecular formula is C20H18N2O3S. The van der Waals surface area contributed by atoms with Crippen LogP contribution >= 0.6 is 0 Å². The monoisotopic (exact) mass is 366 g/mol. The molecule has 0 saturated heterocycles. The molecule has 0 aliphatic rings. The summed E-state index contributed by atoms with van der Waals surface area (Å²) in [6.45, 7) is 0. The van der Waals surface area contributed by atoms with E-state index in [1.807, 2.05) is 60.7 Å².